The van der Waals surface area contributed by atoms with E-state index in [4.69, 9.17) is 0 Å². The van der Waals surface area contributed by atoms with Crippen molar-refractivity contribution in [2.24, 2.45) is 0 Å². The van der Waals surface area contributed by atoms with Crippen molar-refractivity contribution in [2.45, 2.75) is 51.6 Å². The molecular formula is C17H25BrN2O. The number of carbonyl (C=O) groups is 1. The average molecular weight is 353 g/mol. The van der Waals surface area contributed by atoms with Crippen LogP contribution < -0.4 is 5.32 Å². The van der Waals surface area contributed by atoms with Crippen LogP contribution in [0.25, 0.3) is 0 Å². The van der Waals surface area contributed by atoms with E-state index < -0.39 is 0 Å². The van der Waals surface area contributed by atoms with Crippen molar-refractivity contribution in [2.75, 3.05) is 13.1 Å². The SMILES string of the molecule is CC(NC(C)c1ccccc1Br)C(=O)N1CCCCCC1. The second-order valence-corrected chi connectivity index (χ2v) is 6.73. The van der Waals surface area contributed by atoms with E-state index in [-0.39, 0.29) is 18.0 Å². The van der Waals surface area contributed by atoms with Crippen molar-refractivity contribution < 1.29 is 4.79 Å². The molecule has 1 fully saturated rings. The van der Waals surface area contributed by atoms with E-state index in [2.05, 4.69) is 34.2 Å². The molecule has 0 saturated carbocycles. The summed E-state index contributed by atoms with van der Waals surface area (Å²) in [4.78, 5) is 14.6. The topological polar surface area (TPSA) is 32.3 Å². The van der Waals surface area contributed by atoms with Crippen molar-refractivity contribution in [3.8, 4) is 0 Å². The minimum Gasteiger partial charge on any atom is -0.341 e. The molecule has 1 saturated heterocycles. The Bertz CT molecular complexity index is 470. The van der Waals surface area contributed by atoms with Crippen LogP contribution in [0.3, 0.4) is 0 Å². The molecule has 1 aliphatic rings. The van der Waals surface area contributed by atoms with Crippen LogP contribution in [0, 0.1) is 0 Å². The van der Waals surface area contributed by atoms with Gasteiger partial charge in [0.1, 0.15) is 0 Å². The lowest BCUT2D eigenvalue weighted by molar-refractivity contribution is -0.133. The maximum atomic E-state index is 12.6. The highest BCUT2D eigenvalue weighted by molar-refractivity contribution is 9.10. The van der Waals surface area contributed by atoms with Gasteiger partial charge in [0.15, 0.2) is 0 Å². The standard InChI is InChI=1S/C17H25BrN2O/c1-13(15-9-5-6-10-16(15)18)19-14(2)17(21)20-11-7-3-4-8-12-20/h5-6,9-10,13-14,19H,3-4,7-8,11-12H2,1-2H3. The van der Waals surface area contributed by atoms with Gasteiger partial charge >= 0.3 is 0 Å². The molecule has 1 N–H and O–H groups in total. The Balaban J connectivity index is 1.95. The van der Waals surface area contributed by atoms with Crippen molar-refractivity contribution in [1.29, 1.82) is 0 Å². The summed E-state index contributed by atoms with van der Waals surface area (Å²) in [5.74, 6) is 0.232. The van der Waals surface area contributed by atoms with Gasteiger partial charge in [0.25, 0.3) is 0 Å². The molecular weight excluding hydrogens is 328 g/mol. The molecule has 0 aromatic heterocycles. The fraction of sp³-hybridized carbons (Fsp3) is 0.588. The van der Waals surface area contributed by atoms with Crippen LogP contribution in [0.5, 0.6) is 0 Å². The Labute approximate surface area is 136 Å². The number of hydrogen-bond acceptors (Lipinski definition) is 2. The molecule has 1 aliphatic heterocycles. The largest absolute Gasteiger partial charge is 0.341 e. The number of hydrogen-bond donors (Lipinski definition) is 1. The van der Waals surface area contributed by atoms with Crippen LogP contribution in [-0.4, -0.2) is 29.9 Å². The van der Waals surface area contributed by atoms with Crippen molar-refractivity contribution in [3.63, 3.8) is 0 Å². The molecule has 1 heterocycles. The number of nitrogens with zero attached hydrogens (tertiary/aromatic N) is 1. The predicted octanol–water partition coefficient (Wildman–Crippen LogP) is 3.89. The third-order valence-electron chi connectivity index (χ3n) is 4.16. The molecule has 21 heavy (non-hydrogen) atoms. The minimum absolute atomic E-state index is 0.145. The first-order valence-electron chi connectivity index (χ1n) is 7.89. The number of carbonyl (C=O) groups excluding carboxylic acids is 1. The van der Waals surface area contributed by atoms with Crippen LogP contribution in [0.1, 0.15) is 51.1 Å². The first-order valence-corrected chi connectivity index (χ1v) is 8.68. The summed E-state index contributed by atoms with van der Waals surface area (Å²) >= 11 is 3.58. The maximum Gasteiger partial charge on any atom is 0.239 e. The molecule has 1 aromatic carbocycles. The molecule has 116 valence electrons. The molecule has 0 radical (unpaired) electrons. The Morgan fingerprint density at radius 2 is 1.76 bits per heavy atom. The predicted molar refractivity (Wildman–Crippen MR) is 90.2 cm³/mol. The highest BCUT2D eigenvalue weighted by Gasteiger charge is 2.23. The van der Waals surface area contributed by atoms with E-state index in [1.54, 1.807) is 0 Å². The molecule has 3 nitrogen and oxygen atoms in total. The van der Waals surface area contributed by atoms with E-state index in [1.165, 1.54) is 18.4 Å². The highest BCUT2D eigenvalue weighted by atomic mass is 79.9. The monoisotopic (exact) mass is 352 g/mol. The second kappa shape index (κ2) is 7.95. The summed E-state index contributed by atoms with van der Waals surface area (Å²) in [5, 5.41) is 3.43. The van der Waals surface area contributed by atoms with Gasteiger partial charge in [-0.25, -0.2) is 0 Å². The zero-order valence-electron chi connectivity index (χ0n) is 12.9. The number of likely N-dealkylation sites (tertiary alicyclic amines) is 1. The van der Waals surface area contributed by atoms with Gasteiger partial charge in [-0.2, -0.15) is 0 Å². The van der Waals surface area contributed by atoms with E-state index in [0.717, 1.165) is 30.4 Å². The number of amides is 1. The molecule has 2 atom stereocenters. The van der Waals surface area contributed by atoms with Crippen LogP contribution >= 0.6 is 15.9 Å². The maximum absolute atomic E-state index is 12.6. The molecule has 2 unspecified atom stereocenters. The van der Waals surface area contributed by atoms with Crippen LogP contribution in [0.15, 0.2) is 28.7 Å². The van der Waals surface area contributed by atoms with Gasteiger partial charge in [0, 0.05) is 23.6 Å². The summed E-state index contributed by atoms with van der Waals surface area (Å²) < 4.78 is 1.08. The van der Waals surface area contributed by atoms with E-state index in [1.807, 2.05) is 30.0 Å². The van der Waals surface area contributed by atoms with Gasteiger partial charge in [-0.3, -0.25) is 10.1 Å². The molecule has 1 aromatic rings. The van der Waals surface area contributed by atoms with Crippen LogP contribution in [0.4, 0.5) is 0 Å². The summed E-state index contributed by atoms with van der Waals surface area (Å²) in [6.07, 6.45) is 4.77. The van der Waals surface area contributed by atoms with E-state index in [0.29, 0.717) is 0 Å². The smallest absolute Gasteiger partial charge is 0.239 e. The number of benzene rings is 1. The third kappa shape index (κ3) is 4.55. The Morgan fingerprint density at radius 3 is 2.38 bits per heavy atom. The lowest BCUT2D eigenvalue weighted by Gasteiger charge is -2.27. The fourth-order valence-corrected chi connectivity index (χ4v) is 3.56. The Morgan fingerprint density at radius 1 is 1.14 bits per heavy atom. The third-order valence-corrected chi connectivity index (χ3v) is 4.88. The summed E-state index contributed by atoms with van der Waals surface area (Å²) in [7, 11) is 0. The second-order valence-electron chi connectivity index (χ2n) is 5.87. The van der Waals surface area contributed by atoms with Crippen LogP contribution in [0.2, 0.25) is 0 Å². The minimum atomic E-state index is -0.148. The first kappa shape index (κ1) is 16.5. The van der Waals surface area contributed by atoms with Crippen molar-refractivity contribution >= 4 is 21.8 Å². The van der Waals surface area contributed by atoms with Gasteiger partial charge in [0.05, 0.1) is 6.04 Å². The quantitative estimate of drug-likeness (QED) is 0.891. The lowest BCUT2D eigenvalue weighted by atomic mass is 10.1. The fourth-order valence-electron chi connectivity index (χ4n) is 2.93. The summed E-state index contributed by atoms with van der Waals surface area (Å²) in [6, 6.07) is 8.16. The number of halogens is 1. The molecule has 1 amide bonds. The van der Waals surface area contributed by atoms with E-state index >= 15 is 0 Å². The molecule has 0 spiro atoms. The number of nitrogens with one attached hydrogen (secondary N) is 1. The van der Waals surface area contributed by atoms with Gasteiger partial charge in [-0.1, -0.05) is 47.0 Å². The van der Waals surface area contributed by atoms with Gasteiger partial charge < -0.3 is 4.90 Å². The van der Waals surface area contributed by atoms with Gasteiger partial charge in [-0.05, 0) is 38.3 Å². The highest BCUT2D eigenvalue weighted by Crippen LogP contribution is 2.23. The first-order chi connectivity index (χ1) is 10.1. The zero-order chi connectivity index (χ0) is 15.2. The summed E-state index contributed by atoms with van der Waals surface area (Å²) in [5.41, 5.74) is 1.19. The van der Waals surface area contributed by atoms with Crippen molar-refractivity contribution in [1.82, 2.24) is 10.2 Å². The lowest BCUT2D eigenvalue weighted by Crippen LogP contribution is -2.46. The molecule has 4 heteroatoms. The molecule has 2 rings (SSSR count). The molecule has 0 bridgehead atoms. The van der Waals surface area contributed by atoms with Gasteiger partial charge in [0.2, 0.25) is 5.91 Å². The zero-order valence-corrected chi connectivity index (χ0v) is 14.5. The molecule has 0 aliphatic carbocycles. The van der Waals surface area contributed by atoms with Crippen LogP contribution in [-0.2, 0) is 4.79 Å². The Kier molecular flexibility index (Phi) is 6.24. The Hall–Kier alpha value is -0.870. The number of rotatable bonds is 4. The normalized spacial score (nSPS) is 18.9. The average Bonchev–Trinajstić information content (AvgIpc) is 2.75. The van der Waals surface area contributed by atoms with Crippen molar-refractivity contribution in [3.05, 3.63) is 34.3 Å². The van der Waals surface area contributed by atoms with Gasteiger partial charge in [-0.15, -0.1) is 0 Å². The van der Waals surface area contributed by atoms with E-state index in [9.17, 15) is 4.79 Å². The summed E-state index contributed by atoms with van der Waals surface area (Å²) in [6.45, 7) is 5.90.